The third-order valence-corrected chi connectivity index (χ3v) is 7.71. The van der Waals surface area contributed by atoms with Gasteiger partial charge in [0.15, 0.2) is 11.5 Å². The average molecular weight is 515 g/mol. The second kappa shape index (κ2) is 14.3. The van der Waals surface area contributed by atoms with Crippen LogP contribution in [0.25, 0.3) is 0 Å². The van der Waals surface area contributed by atoms with Crippen LogP contribution >= 0.6 is 11.3 Å². The molecule has 1 fully saturated rings. The fourth-order valence-electron chi connectivity index (χ4n) is 4.43. The molecule has 0 unspecified atom stereocenters. The van der Waals surface area contributed by atoms with Crippen molar-refractivity contribution in [1.29, 1.82) is 0 Å². The van der Waals surface area contributed by atoms with Crippen molar-refractivity contribution in [3.8, 4) is 11.5 Å². The first-order valence-electron chi connectivity index (χ1n) is 13.3. The number of carbonyl (C=O) groups excluding carboxylic acids is 2. The molecule has 0 saturated heterocycles. The minimum absolute atomic E-state index is 0.0211. The molecule has 0 bridgehead atoms. The molecular weight excluding hydrogens is 472 g/mol. The van der Waals surface area contributed by atoms with Crippen molar-refractivity contribution in [2.24, 2.45) is 0 Å². The van der Waals surface area contributed by atoms with Crippen molar-refractivity contribution in [2.45, 2.75) is 84.2 Å². The molecule has 0 N–H and O–H groups in total. The molecule has 0 spiro atoms. The number of hydrogen-bond donors (Lipinski definition) is 0. The van der Waals surface area contributed by atoms with Crippen LogP contribution < -0.4 is 9.47 Å². The van der Waals surface area contributed by atoms with E-state index in [1.54, 1.807) is 25.6 Å². The summed E-state index contributed by atoms with van der Waals surface area (Å²) in [6.07, 6.45) is 8.84. The van der Waals surface area contributed by atoms with E-state index in [1.807, 2.05) is 28.0 Å². The van der Waals surface area contributed by atoms with Gasteiger partial charge in [-0.15, -0.1) is 11.3 Å². The Bertz CT molecular complexity index is 985. The van der Waals surface area contributed by atoms with Gasteiger partial charge in [0.2, 0.25) is 11.8 Å². The van der Waals surface area contributed by atoms with Gasteiger partial charge in [-0.05, 0) is 62.4 Å². The summed E-state index contributed by atoms with van der Waals surface area (Å²) in [5.41, 5.74) is 1.08. The fraction of sp³-hybridized carbons (Fsp3) is 0.586. The minimum Gasteiger partial charge on any atom is -0.493 e. The smallest absolute Gasteiger partial charge is 0.242 e. The second-order valence-electron chi connectivity index (χ2n) is 9.68. The predicted octanol–water partition coefficient (Wildman–Crippen LogP) is 6.00. The maximum absolute atomic E-state index is 13.6. The van der Waals surface area contributed by atoms with E-state index in [9.17, 15) is 9.59 Å². The lowest BCUT2D eigenvalue weighted by Crippen LogP contribution is -2.44. The number of carbonyl (C=O) groups is 2. The first kappa shape index (κ1) is 28.0. The number of nitrogens with zero attached hydrogens (tertiary/aromatic N) is 2. The number of unbranched alkanes of at least 4 members (excludes halogenated alkanes) is 4. The van der Waals surface area contributed by atoms with E-state index in [0.29, 0.717) is 37.4 Å². The van der Waals surface area contributed by atoms with Gasteiger partial charge >= 0.3 is 0 Å². The van der Waals surface area contributed by atoms with Crippen molar-refractivity contribution in [3.63, 3.8) is 0 Å². The topological polar surface area (TPSA) is 59.1 Å². The molecule has 0 aliphatic heterocycles. The molecule has 1 aromatic heterocycles. The Kier molecular flexibility index (Phi) is 11.1. The summed E-state index contributed by atoms with van der Waals surface area (Å²) in [7, 11) is 3.25. The summed E-state index contributed by atoms with van der Waals surface area (Å²) in [6, 6.07) is 10.3. The van der Waals surface area contributed by atoms with E-state index in [1.165, 1.54) is 24.1 Å². The van der Waals surface area contributed by atoms with Crippen LogP contribution in [0.3, 0.4) is 0 Å². The van der Waals surface area contributed by atoms with Crippen LogP contribution in [0.2, 0.25) is 0 Å². The fourth-order valence-corrected chi connectivity index (χ4v) is 5.33. The third-order valence-electron chi connectivity index (χ3n) is 6.72. The van der Waals surface area contributed by atoms with Gasteiger partial charge in [-0.1, -0.05) is 38.7 Å². The average Bonchev–Trinajstić information content (AvgIpc) is 3.64. The van der Waals surface area contributed by atoms with Gasteiger partial charge in [0.1, 0.15) is 6.54 Å². The standard InChI is InChI=1S/C29H42N2O4S/c1-5-6-7-8-9-10-28(32)31(24-13-14-24)21-29(33)30(20-25-15-11-22(2)36-25)18-17-23-12-16-26(34-3)27(19-23)35-4/h11-12,15-16,19,24H,5-10,13-14,17-18,20-21H2,1-4H3. The Balaban J connectivity index is 1.65. The molecule has 1 heterocycles. The van der Waals surface area contributed by atoms with Gasteiger partial charge < -0.3 is 19.3 Å². The highest BCUT2D eigenvalue weighted by molar-refractivity contribution is 7.11. The van der Waals surface area contributed by atoms with Gasteiger partial charge in [-0.25, -0.2) is 0 Å². The summed E-state index contributed by atoms with van der Waals surface area (Å²) >= 11 is 1.72. The summed E-state index contributed by atoms with van der Waals surface area (Å²) in [5, 5.41) is 0. The zero-order valence-electron chi connectivity index (χ0n) is 22.4. The molecule has 2 amide bonds. The lowest BCUT2D eigenvalue weighted by Gasteiger charge is -2.28. The lowest BCUT2D eigenvalue weighted by atomic mass is 10.1. The number of rotatable bonds is 16. The Morgan fingerprint density at radius 3 is 2.36 bits per heavy atom. The van der Waals surface area contributed by atoms with Crippen LogP contribution in [0, 0.1) is 6.92 Å². The number of aryl methyl sites for hydroxylation is 1. The van der Waals surface area contributed by atoms with Crippen molar-refractivity contribution >= 4 is 23.2 Å². The molecular formula is C29H42N2O4S. The predicted molar refractivity (Wildman–Crippen MR) is 146 cm³/mol. The Morgan fingerprint density at radius 1 is 0.972 bits per heavy atom. The van der Waals surface area contributed by atoms with Gasteiger partial charge in [-0.3, -0.25) is 9.59 Å². The molecule has 0 radical (unpaired) electrons. The largest absolute Gasteiger partial charge is 0.493 e. The molecule has 6 nitrogen and oxygen atoms in total. The zero-order valence-corrected chi connectivity index (χ0v) is 23.2. The highest BCUT2D eigenvalue weighted by Crippen LogP contribution is 2.29. The van der Waals surface area contributed by atoms with Gasteiger partial charge in [0.05, 0.1) is 20.8 Å². The molecule has 1 saturated carbocycles. The number of hydrogen-bond acceptors (Lipinski definition) is 5. The molecule has 1 aromatic carbocycles. The van der Waals surface area contributed by atoms with Gasteiger partial charge in [0, 0.05) is 28.8 Å². The van der Waals surface area contributed by atoms with Crippen LogP contribution in [0.5, 0.6) is 11.5 Å². The quantitative estimate of drug-likeness (QED) is 0.258. The lowest BCUT2D eigenvalue weighted by molar-refractivity contribution is -0.141. The van der Waals surface area contributed by atoms with Crippen LogP contribution in [-0.2, 0) is 22.6 Å². The van der Waals surface area contributed by atoms with Crippen molar-refractivity contribution in [1.82, 2.24) is 9.80 Å². The monoisotopic (exact) mass is 514 g/mol. The Hall–Kier alpha value is -2.54. The molecule has 1 aliphatic rings. The molecule has 36 heavy (non-hydrogen) atoms. The van der Waals surface area contributed by atoms with Crippen LogP contribution in [-0.4, -0.2) is 55.0 Å². The van der Waals surface area contributed by atoms with Crippen molar-refractivity contribution < 1.29 is 19.1 Å². The summed E-state index contributed by atoms with van der Waals surface area (Å²) in [6.45, 7) is 5.59. The molecule has 0 atom stereocenters. The normalized spacial score (nSPS) is 12.9. The van der Waals surface area contributed by atoms with Crippen LogP contribution in [0.4, 0.5) is 0 Å². The highest BCUT2D eigenvalue weighted by atomic mass is 32.1. The van der Waals surface area contributed by atoms with E-state index in [4.69, 9.17) is 9.47 Å². The van der Waals surface area contributed by atoms with E-state index >= 15 is 0 Å². The third kappa shape index (κ3) is 8.54. The first-order chi connectivity index (χ1) is 17.4. The Morgan fingerprint density at radius 2 is 1.72 bits per heavy atom. The number of benzene rings is 1. The van der Waals surface area contributed by atoms with E-state index in [-0.39, 0.29) is 24.4 Å². The molecule has 198 valence electrons. The summed E-state index contributed by atoms with van der Waals surface area (Å²) < 4.78 is 10.8. The van der Waals surface area contributed by atoms with Crippen LogP contribution in [0.15, 0.2) is 30.3 Å². The SMILES string of the molecule is CCCCCCCC(=O)N(CC(=O)N(CCc1ccc(OC)c(OC)c1)Cc1ccc(C)s1)C1CC1. The van der Waals surface area contributed by atoms with E-state index < -0.39 is 0 Å². The molecule has 2 aromatic rings. The maximum atomic E-state index is 13.6. The van der Waals surface area contributed by atoms with E-state index in [0.717, 1.165) is 36.1 Å². The van der Waals surface area contributed by atoms with Crippen molar-refractivity contribution in [3.05, 3.63) is 45.6 Å². The van der Waals surface area contributed by atoms with E-state index in [2.05, 4.69) is 26.0 Å². The minimum atomic E-state index is 0.0211. The number of methoxy groups -OCH3 is 2. The Labute approximate surface area is 220 Å². The molecule has 1 aliphatic carbocycles. The number of amides is 2. The van der Waals surface area contributed by atoms with Gasteiger partial charge in [-0.2, -0.15) is 0 Å². The molecule has 7 heteroatoms. The second-order valence-corrected chi connectivity index (χ2v) is 11.1. The maximum Gasteiger partial charge on any atom is 0.242 e. The number of ether oxygens (including phenoxy) is 2. The van der Waals surface area contributed by atoms with Crippen LogP contribution in [0.1, 0.15) is 73.6 Å². The zero-order chi connectivity index (χ0) is 25.9. The number of thiophene rings is 1. The van der Waals surface area contributed by atoms with Gasteiger partial charge in [0.25, 0.3) is 0 Å². The first-order valence-corrected chi connectivity index (χ1v) is 14.1. The molecule has 3 rings (SSSR count). The summed E-state index contributed by atoms with van der Waals surface area (Å²) in [5.74, 6) is 1.53. The van der Waals surface area contributed by atoms with Crippen molar-refractivity contribution in [2.75, 3.05) is 27.3 Å². The highest BCUT2D eigenvalue weighted by Gasteiger charge is 2.34. The summed E-state index contributed by atoms with van der Waals surface area (Å²) in [4.78, 5) is 32.7.